The SMILES string of the molecule is NC(=NO)c1ccc(C=COP(=O)(O)O)c(OCCNC(=O)c2ccc(C(=O)NN3CCCC3)cc2)c1. The van der Waals surface area contributed by atoms with Gasteiger partial charge in [0.05, 0.1) is 12.8 Å². The van der Waals surface area contributed by atoms with Crippen molar-refractivity contribution in [3.8, 4) is 5.75 Å². The summed E-state index contributed by atoms with van der Waals surface area (Å²) in [7, 11) is -4.70. The first kappa shape index (κ1) is 27.7. The largest absolute Gasteiger partial charge is 0.524 e. The van der Waals surface area contributed by atoms with E-state index < -0.39 is 7.82 Å². The molecule has 2 amide bonds. The second-order valence-corrected chi connectivity index (χ2v) is 9.15. The molecule has 0 saturated carbocycles. The summed E-state index contributed by atoms with van der Waals surface area (Å²) in [6.07, 6.45) is 4.18. The van der Waals surface area contributed by atoms with Gasteiger partial charge in [-0.05, 0) is 49.2 Å². The van der Waals surface area contributed by atoms with E-state index in [-0.39, 0.29) is 36.6 Å². The number of oxime groups is 1. The van der Waals surface area contributed by atoms with E-state index in [1.165, 1.54) is 24.3 Å². The Morgan fingerprint density at radius 2 is 1.68 bits per heavy atom. The number of phosphoric ester groups is 1. The third-order valence-electron chi connectivity index (χ3n) is 5.28. The van der Waals surface area contributed by atoms with Crippen LogP contribution in [-0.4, -0.2) is 63.9 Å². The van der Waals surface area contributed by atoms with Crippen LogP contribution in [0.4, 0.5) is 0 Å². The van der Waals surface area contributed by atoms with Gasteiger partial charge < -0.3 is 25.5 Å². The Balaban J connectivity index is 1.55. The van der Waals surface area contributed by atoms with E-state index in [1.807, 2.05) is 5.01 Å². The maximum atomic E-state index is 12.5. The molecule has 14 heteroatoms. The summed E-state index contributed by atoms with van der Waals surface area (Å²) in [4.78, 5) is 42.4. The van der Waals surface area contributed by atoms with Gasteiger partial charge in [-0.1, -0.05) is 17.3 Å². The summed E-state index contributed by atoms with van der Waals surface area (Å²) in [5.41, 5.74) is 9.98. The van der Waals surface area contributed by atoms with Gasteiger partial charge in [0.25, 0.3) is 11.8 Å². The highest BCUT2D eigenvalue weighted by atomic mass is 31.2. The van der Waals surface area contributed by atoms with Gasteiger partial charge in [-0.2, -0.15) is 0 Å². The number of nitrogens with two attached hydrogens (primary N) is 1. The lowest BCUT2D eigenvalue weighted by Crippen LogP contribution is -2.40. The Hall–Kier alpha value is -3.90. The van der Waals surface area contributed by atoms with Gasteiger partial charge >= 0.3 is 7.82 Å². The molecule has 198 valence electrons. The van der Waals surface area contributed by atoms with Crippen LogP contribution in [0, 0.1) is 0 Å². The molecule has 3 rings (SSSR count). The van der Waals surface area contributed by atoms with Crippen molar-refractivity contribution in [2.75, 3.05) is 26.2 Å². The second-order valence-electron chi connectivity index (χ2n) is 7.95. The molecule has 1 aliphatic heterocycles. The molecular formula is C23H28N5O8P. The summed E-state index contributed by atoms with van der Waals surface area (Å²) in [6.45, 7) is 1.79. The molecule has 0 aromatic heterocycles. The molecule has 0 atom stereocenters. The molecule has 37 heavy (non-hydrogen) atoms. The van der Waals surface area contributed by atoms with Gasteiger partial charge in [-0.15, -0.1) is 0 Å². The standard InChI is InChI=1S/C23H28N5O8P/c24-21(27-31)19-8-3-16(9-13-36-37(32,33)34)20(15-19)35-14-10-25-22(29)17-4-6-18(7-5-17)23(30)26-28-11-1-2-12-28/h3-9,13,15,31H,1-2,10-12,14H2,(H2,24,27)(H,25,29)(H,26,30)(H2,32,33,34). The smallest absolute Gasteiger partial charge is 0.491 e. The zero-order chi connectivity index (χ0) is 26.8. The highest BCUT2D eigenvalue weighted by Gasteiger charge is 2.16. The highest BCUT2D eigenvalue weighted by molar-refractivity contribution is 7.46. The summed E-state index contributed by atoms with van der Waals surface area (Å²) in [6, 6.07) is 10.7. The quantitative estimate of drug-likeness (QED) is 0.0467. The maximum Gasteiger partial charge on any atom is 0.524 e. The van der Waals surface area contributed by atoms with Crippen LogP contribution in [0.3, 0.4) is 0 Å². The summed E-state index contributed by atoms with van der Waals surface area (Å²) in [5.74, 6) is -0.530. The lowest BCUT2D eigenvalue weighted by atomic mass is 10.1. The van der Waals surface area contributed by atoms with E-state index in [4.69, 9.17) is 25.5 Å². The molecular weight excluding hydrogens is 505 g/mol. The van der Waals surface area contributed by atoms with Crippen molar-refractivity contribution < 1.29 is 38.4 Å². The topological polar surface area (TPSA) is 196 Å². The third kappa shape index (κ3) is 8.62. The lowest BCUT2D eigenvalue weighted by Gasteiger charge is -2.16. The molecule has 0 radical (unpaired) electrons. The van der Waals surface area contributed by atoms with Crippen LogP contribution in [0.25, 0.3) is 6.08 Å². The van der Waals surface area contributed by atoms with E-state index in [2.05, 4.69) is 20.4 Å². The van der Waals surface area contributed by atoms with Crippen molar-refractivity contribution >= 4 is 31.5 Å². The molecule has 0 aliphatic carbocycles. The van der Waals surface area contributed by atoms with Crippen molar-refractivity contribution in [1.82, 2.24) is 15.8 Å². The van der Waals surface area contributed by atoms with Crippen LogP contribution in [-0.2, 0) is 9.09 Å². The monoisotopic (exact) mass is 533 g/mol. The number of amidine groups is 1. The number of amides is 2. The number of ether oxygens (including phenoxy) is 1. The van der Waals surface area contributed by atoms with E-state index in [0.717, 1.165) is 32.2 Å². The normalized spacial score (nSPS) is 14.5. The Morgan fingerprint density at radius 3 is 2.30 bits per heavy atom. The van der Waals surface area contributed by atoms with Crippen LogP contribution in [0.2, 0.25) is 0 Å². The van der Waals surface area contributed by atoms with Crippen molar-refractivity contribution in [2.45, 2.75) is 12.8 Å². The predicted molar refractivity (Wildman–Crippen MR) is 134 cm³/mol. The maximum absolute atomic E-state index is 12.5. The number of rotatable bonds is 11. The zero-order valence-corrected chi connectivity index (χ0v) is 20.6. The fraction of sp³-hybridized carbons (Fsp3) is 0.261. The molecule has 2 aromatic rings. The van der Waals surface area contributed by atoms with Gasteiger partial charge in [0.15, 0.2) is 5.84 Å². The predicted octanol–water partition coefficient (Wildman–Crippen LogP) is 1.41. The van der Waals surface area contributed by atoms with Crippen LogP contribution < -0.4 is 21.2 Å². The zero-order valence-electron chi connectivity index (χ0n) is 19.7. The molecule has 13 nitrogen and oxygen atoms in total. The number of hydrazine groups is 1. The molecule has 1 heterocycles. The Morgan fingerprint density at radius 1 is 1.05 bits per heavy atom. The Bertz CT molecular complexity index is 1210. The number of carbonyl (C=O) groups is 2. The van der Waals surface area contributed by atoms with E-state index in [9.17, 15) is 14.2 Å². The first-order valence-electron chi connectivity index (χ1n) is 11.3. The summed E-state index contributed by atoms with van der Waals surface area (Å²) < 4.78 is 20.9. The van der Waals surface area contributed by atoms with Gasteiger partial charge in [0, 0.05) is 35.3 Å². The minimum absolute atomic E-state index is 0.0296. The number of hydrogen-bond acceptors (Lipinski definition) is 8. The van der Waals surface area contributed by atoms with Gasteiger partial charge in [0.1, 0.15) is 12.4 Å². The first-order chi connectivity index (χ1) is 17.7. The average Bonchev–Trinajstić information content (AvgIpc) is 3.39. The van der Waals surface area contributed by atoms with Crippen molar-refractivity contribution in [3.63, 3.8) is 0 Å². The molecule has 0 bridgehead atoms. The van der Waals surface area contributed by atoms with Crippen LogP contribution in [0.5, 0.6) is 5.75 Å². The summed E-state index contributed by atoms with van der Waals surface area (Å²) >= 11 is 0. The lowest BCUT2D eigenvalue weighted by molar-refractivity contribution is 0.0824. The van der Waals surface area contributed by atoms with Crippen molar-refractivity contribution in [2.24, 2.45) is 10.9 Å². The van der Waals surface area contributed by atoms with E-state index in [1.54, 1.807) is 24.3 Å². The molecule has 0 spiro atoms. The van der Waals surface area contributed by atoms with Crippen LogP contribution in [0.15, 0.2) is 53.9 Å². The third-order valence-corrected chi connectivity index (χ3v) is 5.68. The minimum Gasteiger partial charge on any atom is -0.491 e. The molecule has 1 saturated heterocycles. The number of nitrogens with one attached hydrogen (secondary N) is 2. The Kier molecular flexibility index (Phi) is 9.64. The second kappa shape index (κ2) is 12.9. The molecule has 0 unspecified atom stereocenters. The van der Waals surface area contributed by atoms with Crippen LogP contribution >= 0.6 is 7.82 Å². The van der Waals surface area contributed by atoms with Gasteiger partial charge in [-0.25, -0.2) is 9.57 Å². The fourth-order valence-electron chi connectivity index (χ4n) is 3.43. The van der Waals surface area contributed by atoms with Gasteiger partial charge in [0.2, 0.25) is 0 Å². The fourth-order valence-corrected chi connectivity index (χ4v) is 3.65. The highest BCUT2D eigenvalue weighted by Crippen LogP contribution is 2.36. The molecule has 2 aromatic carbocycles. The van der Waals surface area contributed by atoms with Crippen LogP contribution in [0.1, 0.15) is 44.7 Å². The molecule has 1 aliphatic rings. The number of phosphoric acid groups is 1. The minimum atomic E-state index is -4.70. The van der Waals surface area contributed by atoms with Gasteiger partial charge in [-0.3, -0.25) is 24.8 Å². The summed E-state index contributed by atoms with van der Waals surface area (Å²) in [5, 5.41) is 16.4. The van der Waals surface area contributed by atoms with Crippen molar-refractivity contribution in [1.29, 1.82) is 0 Å². The van der Waals surface area contributed by atoms with Crippen molar-refractivity contribution in [3.05, 3.63) is 71.0 Å². The first-order valence-corrected chi connectivity index (χ1v) is 12.8. The average molecular weight is 533 g/mol. The number of nitrogens with zero attached hydrogens (tertiary/aromatic N) is 2. The van der Waals surface area contributed by atoms with E-state index in [0.29, 0.717) is 22.3 Å². The molecule has 1 fully saturated rings. The number of benzene rings is 2. The number of hydrogen-bond donors (Lipinski definition) is 6. The van der Waals surface area contributed by atoms with E-state index >= 15 is 0 Å². The number of carbonyl (C=O) groups excluding carboxylic acids is 2. The molecule has 7 N–H and O–H groups in total. The Labute approximate surface area is 212 Å².